The maximum Gasteiger partial charge on any atom is 0.0207 e. The average Bonchev–Trinajstić information content (AvgIpc) is 3.19. The lowest BCUT2D eigenvalue weighted by Crippen LogP contribution is -2.26. The third-order valence-corrected chi connectivity index (χ3v) is 4.48. The van der Waals surface area contributed by atoms with Crippen molar-refractivity contribution in [3.8, 4) is 0 Å². The standard InChI is InChI=1S/C16H24BrN/c1-2-3-6-13(12-18-15-9-10-15)11-14-7-4-5-8-16(14)17/h4-5,7-8,13,15,18H,2-3,6,9-12H2,1H3. The molecule has 1 saturated carbocycles. The Kier molecular flexibility index (Phi) is 5.71. The highest BCUT2D eigenvalue weighted by Crippen LogP contribution is 2.24. The van der Waals surface area contributed by atoms with Gasteiger partial charge < -0.3 is 5.32 Å². The number of benzene rings is 1. The SMILES string of the molecule is CCCCC(CNC1CC1)Cc1ccccc1Br. The maximum atomic E-state index is 3.69. The minimum absolute atomic E-state index is 0.782. The smallest absolute Gasteiger partial charge is 0.0207 e. The van der Waals surface area contributed by atoms with Gasteiger partial charge in [-0.05, 0) is 49.8 Å². The summed E-state index contributed by atoms with van der Waals surface area (Å²) in [5, 5.41) is 3.69. The maximum absolute atomic E-state index is 3.69. The first kappa shape index (κ1) is 14.1. The van der Waals surface area contributed by atoms with Crippen molar-refractivity contribution in [2.45, 2.75) is 51.5 Å². The minimum atomic E-state index is 0.782. The second-order valence-corrected chi connectivity index (χ2v) is 6.34. The van der Waals surface area contributed by atoms with E-state index < -0.39 is 0 Å². The van der Waals surface area contributed by atoms with Gasteiger partial charge in [-0.1, -0.05) is 53.9 Å². The van der Waals surface area contributed by atoms with Gasteiger partial charge in [-0.3, -0.25) is 0 Å². The lowest BCUT2D eigenvalue weighted by atomic mass is 9.94. The molecule has 1 aromatic rings. The van der Waals surface area contributed by atoms with Crippen LogP contribution in [0.1, 0.15) is 44.6 Å². The molecule has 1 aromatic carbocycles. The number of nitrogens with one attached hydrogen (secondary N) is 1. The molecule has 100 valence electrons. The van der Waals surface area contributed by atoms with Gasteiger partial charge >= 0.3 is 0 Å². The molecule has 1 unspecified atom stereocenters. The molecule has 0 heterocycles. The van der Waals surface area contributed by atoms with E-state index in [4.69, 9.17) is 0 Å². The van der Waals surface area contributed by atoms with Crippen LogP contribution in [0.3, 0.4) is 0 Å². The van der Waals surface area contributed by atoms with Crippen molar-refractivity contribution in [1.29, 1.82) is 0 Å². The van der Waals surface area contributed by atoms with Gasteiger partial charge in [0, 0.05) is 10.5 Å². The predicted molar refractivity (Wildman–Crippen MR) is 81.9 cm³/mol. The van der Waals surface area contributed by atoms with Gasteiger partial charge in [-0.2, -0.15) is 0 Å². The Bertz CT molecular complexity index is 360. The Balaban J connectivity index is 1.87. The van der Waals surface area contributed by atoms with Gasteiger partial charge in [0.05, 0.1) is 0 Å². The Hall–Kier alpha value is -0.340. The number of hydrogen-bond acceptors (Lipinski definition) is 1. The predicted octanol–water partition coefficient (Wildman–Crippen LogP) is 4.55. The van der Waals surface area contributed by atoms with E-state index in [1.165, 1.54) is 55.1 Å². The van der Waals surface area contributed by atoms with Crippen LogP contribution in [0.5, 0.6) is 0 Å². The zero-order valence-electron chi connectivity index (χ0n) is 11.3. The monoisotopic (exact) mass is 309 g/mol. The van der Waals surface area contributed by atoms with Crippen molar-refractivity contribution in [3.05, 3.63) is 34.3 Å². The molecule has 0 radical (unpaired) electrons. The molecule has 2 heteroatoms. The highest BCUT2D eigenvalue weighted by molar-refractivity contribution is 9.10. The second-order valence-electron chi connectivity index (χ2n) is 5.49. The summed E-state index contributed by atoms with van der Waals surface area (Å²) in [5.74, 6) is 0.782. The van der Waals surface area contributed by atoms with Crippen LogP contribution in [0.25, 0.3) is 0 Å². The van der Waals surface area contributed by atoms with E-state index >= 15 is 0 Å². The zero-order chi connectivity index (χ0) is 12.8. The van der Waals surface area contributed by atoms with Crippen molar-refractivity contribution in [3.63, 3.8) is 0 Å². The summed E-state index contributed by atoms with van der Waals surface area (Å²) in [6.45, 7) is 3.47. The molecule has 1 aliphatic carbocycles. The molecular formula is C16H24BrN. The van der Waals surface area contributed by atoms with Crippen molar-refractivity contribution in [1.82, 2.24) is 5.32 Å². The van der Waals surface area contributed by atoms with Crippen LogP contribution in [0.2, 0.25) is 0 Å². The molecular weight excluding hydrogens is 286 g/mol. The molecule has 1 atom stereocenters. The van der Waals surface area contributed by atoms with Crippen LogP contribution in [0.4, 0.5) is 0 Å². The summed E-state index contributed by atoms with van der Waals surface area (Å²) in [5.41, 5.74) is 1.45. The fraction of sp³-hybridized carbons (Fsp3) is 0.625. The Morgan fingerprint density at radius 3 is 2.78 bits per heavy atom. The summed E-state index contributed by atoms with van der Waals surface area (Å²) >= 11 is 3.66. The fourth-order valence-electron chi connectivity index (χ4n) is 2.36. The molecule has 0 spiro atoms. The van der Waals surface area contributed by atoms with E-state index in [1.807, 2.05) is 0 Å². The normalized spacial score (nSPS) is 16.8. The largest absolute Gasteiger partial charge is 0.314 e. The molecule has 0 aromatic heterocycles. The third-order valence-electron chi connectivity index (χ3n) is 3.70. The van der Waals surface area contributed by atoms with Gasteiger partial charge in [0.25, 0.3) is 0 Å². The third kappa shape index (κ3) is 4.74. The molecule has 18 heavy (non-hydrogen) atoms. The summed E-state index contributed by atoms with van der Waals surface area (Å²) in [4.78, 5) is 0. The molecule has 1 aliphatic rings. The van der Waals surface area contributed by atoms with E-state index in [2.05, 4.69) is 52.4 Å². The van der Waals surface area contributed by atoms with Crippen molar-refractivity contribution in [2.75, 3.05) is 6.54 Å². The van der Waals surface area contributed by atoms with Gasteiger partial charge in [0.15, 0.2) is 0 Å². The molecule has 0 aliphatic heterocycles. The molecule has 0 amide bonds. The molecule has 0 bridgehead atoms. The zero-order valence-corrected chi connectivity index (χ0v) is 12.9. The first-order chi connectivity index (χ1) is 8.79. The number of unbranched alkanes of at least 4 members (excludes halogenated alkanes) is 1. The van der Waals surface area contributed by atoms with Crippen LogP contribution >= 0.6 is 15.9 Å². The van der Waals surface area contributed by atoms with E-state index in [0.717, 1.165) is 12.0 Å². The van der Waals surface area contributed by atoms with Crippen molar-refractivity contribution in [2.24, 2.45) is 5.92 Å². The summed E-state index contributed by atoms with van der Waals surface area (Å²) in [7, 11) is 0. The first-order valence-corrected chi connectivity index (χ1v) is 8.05. The molecule has 0 saturated heterocycles. The molecule has 1 N–H and O–H groups in total. The van der Waals surface area contributed by atoms with E-state index in [-0.39, 0.29) is 0 Å². The Morgan fingerprint density at radius 2 is 2.11 bits per heavy atom. The second kappa shape index (κ2) is 7.30. The first-order valence-electron chi connectivity index (χ1n) is 7.26. The topological polar surface area (TPSA) is 12.0 Å². The van der Waals surface area contributed by atoms with E-state index in [1.54, 1.807) is 0 Å². The fourth-order valence-corrected chi connectivity index (χ4v) is 2.81. The number of rotatable bonds is 8. The van der Waals surface area contributed by atoms with Crippen LogP contribution in [-0.2, 0) is 6.42 Å². The quantitative estimate of drug-likeness (QED) is 0.743. The summed E-state index contributed by atoms with van der Waals surface area (Å²) in [6, 6.07) is 9.47. The van der Waals surface area contributed by atoms with Crippen LogP contribution < -0.4 is 5.32 Å². The van der Waals surface area contributed by atoms with E-state index in [0.29, 0.717) is 0 Å². The van der Waals surface area contributed by atoms with Crippen LogP contribution in [0, 0.1) is 5.92 Å². The summed E-state index contributed by atoms with van der Waals surface area (Å²) in [6.07, 6.45) is 7.96. The molecule has 1 fully saturated rings. The Labute approximate surface area is 119 Å². The highest BCUT2D eigenvalue weighted by atomic mass is 79.9. The van der Waals surface area contributed by atoms with Crippen molar-refractivity contribution < 1.29 is 0 Å². The minimum Gasteiger partial charge on any atom is -0.314 e. The van der Waals surface area contributed by atoms with Crippen molar-refractivity contribution >= 4 is 15.9 Å². The summed E-state index contributed by atoms with van der Waals surface area (Å²) < 4.78 is 1.26. The Morgan fingerprint density at radius 1 is 1.33 bits per heavy atom. The van der Waals surface area contributed by atoms with Gasteiger partial charge in [0.2, 0.25) is 0 Å². The number of halogens is 1. The van der Waals surface area contributed by atoms with E-state index in [9.17, 15) is 0 Å². The molecule has 1 nitrogen and oxygen atoms in total. The van der Waals surface area contributed by atoms with Crippen LogP contribution in [-0.4, -0.2) is 12.6 Å². The lowest BCUT2D eigenvalue weighted by molar-refractivity contribution is 0.427. The number of hydrogen-bond donors (Lipinski definition) is 1. The lowest BCUT2D eigenvalue weighted by Gasteiger charge is -2.18. The highest BCUT2D eigenvalue weighted by Gasteiger charge is 2.22. The van der Waals surface area contributed by atoms with Gasteiger partial charge in [-0.15, -0.1) is 0 Å². The van der Waals surface area contributed by atoms with Gasteiger partial charge in [0.1, 0.15) is 0 Å². The van der Waals surface area contributed by atoms with Crippen LogP contribution in [0.15, 0.2) is 28.7 Å². The van der Waals surface area contributed by atoms with Gasteiger partial charge in [-0.25, -0.2) is 0 Å². The molecule has 2 rings (SSSR count). The average molecular weight is 310 g/mol.